The van der Waals surface area contributed by atoms with Crippen molar-refractivity contribution in [1.29, 1.82) is 0 Å². The minimum Gasteiger partial charge on any atom is -0.353 e. The van der Waals surface area contributed by atoms with Crippen LogP contribution < -0.4 is 5.32 Å². The van der Waals surface area contributed by atoms with Crippen LogP contribution in [-0.4, -0.2) is 27.0 Å². The summed E-state index contributed by atoms with van der Waals surface area (Å²) >= 11 is 1.15. The van der Waals surface area contributed by atoms with E-state index in [2.05, 4.69) is 15.5 Å². The molecule has 0 aliphatic carbocycles. The molecule has 2 heterocycles. The monoisotopic (exact) mass is 416 g/mol. The van der Waals surface area contributed by atoms with Crippen molar-refractivity contribution >= 4 is 29.4 Å². The van der Waals surface area contributed by atoms with Gasteiger partial charge < -0.3 is 5.32 Å². The molecule has 8 heteroatoms. The van der Waals surface area contributed by atoms with E-state index in [1.807, 2.05) is 31.4 Å². The molecule has 1 aromatic carbocycles. The molecule has 0 radical (unpaired) electrons. The van der Waals surface area contributed by atoms with E-state index in [9.17, 15) is 13.6 Å². The molecule has 1 amide bonds. The molecule has 3 aromatic rings. The zero-order chi connectivity index (χ0) is 21.2. The Morgan fingerprint density at radius 1 is 1.24 bits per heavy atom. The van der Waals surface area contributed by atoms with Gasteiger partial charge in [-0.15, -0.1) is 10.2 Å². The zero-order valence-electron chi connectivity index (χ0n) is 16.7. The minimum absolute atomic E-state index is 0.218. The van der Waals surface area contributed by atoms with Crippen LogP contribution in [0, 0.1) is 11.6 Å². The maximum atomic E-state index is 14.6. The van der Waals surface area contributed by atoms with E-state index in [0.29, 0.717) is 17.8 Å². The minimum atomic E-state index is -0.702. The summed E-state index contributed by atoms with van der Waals surface area (Å²) in [6.07, 6.45) is 4.51. The van der Waals surface area contributed by atoms with E-state index in [1.165, 1.54) is 18.2 Å². The van der Waals surface area contributed by atoms with Crippen LogP contribution in [0.4, 0.5) is 8.78 Å². The number of benzene rings is 1. The molecule has 29 heavy (non-hydrogen) atoms. The largest absolute Gasteiger partial charge is 0.353 e. The summed E-state index contributed by atoms with van der Waals surface area (Å²) in [5, 5.41) is 11.0. The first-order chi connectivity index (χ1) is 13.7. The predicted octanol–water partition coefficient (Wildman–Crippen LogP) is 4.61. The molecular formula is C21H22F2N4OS. The number of hydrogen-bond donors (Lipinski definition) is 1. The van der Waals surface area contributed by atoms with Crippen molar-refractivity contribution in [3.8, 4) is 0 Å². The lowest BCUT2D eigenvalue weighted by molar-refractivity contribution is -0.116. The van der Waals surface area contributed by atoms with Crippen molar-refractivity contribution in [1.82, 2.24) is 19.9 Å². The van der Waals surface area contributed by atoms with E-state index >= 15 is 0 Å². The quantitative estimate of drug-likeness (QED) is 0.618. The third-order valence-electron chi connectivity index (χ3n) is 4.07. The summed E-state index contributed by atoms with van der Waals surface area (Å²) in [6, 6.07) is 5.65. The second-order valence-corrected chi connectivity index (χ2v) is 8.59. The number of carbonyl (C=O) groups is 1. The van der Waals surface area contributed by atoms with Crippen molar-refractivity contribution in [3.05, 3.63) is 59.6 Å². The zero-order valence-corrected chi connectivity index (χ0v) is 17.5. The van der Waals surface area contributed by atoms with Crippen LogP contribution in [0.5, 0.6) is 0 Å². The van der Waals surface area contributed by atoms with Crippen molar-refractivity contribution < 1.29 is 13.6 Å². The highest BCUT2D eigenvalue weighted by atomic mass is 32.2. The summed E-state index contributed by atoms with van der Waals surface area (Å²) in [5.74, 6) is -0.933. The van der Waals surface area contributed by atoms with Gasteiger partial charge in [0.2, 0.25) is 5.91 Å². The van der Waals surface area contributed by atoms with E-state index in [4.69, 9.17) is 0 Å². The van der Waals surface area contributed by atoms with Crippen molar-refractivity contribution in [2.24, 2.45) is 0 Å². The number of carbonyl (C=O) groups excluding carboxylic acids is 1. The Bertz CT molecular complexity index is 1090. The number of fused-ring (bicyclic) bond motifs is 1. The van der Waals surface area contributed by atoms with E-state index < -0.39 is 11.6 Å². The SMILES string of the molecule is CCNC(=O)/C=C/c1cc(F)cc(F)c1Sc1ccc2nnc(C(C)(C)C)n2c1. The standard InChI is InChI=1S/C21H22F2N4OS/c1-5-24-18(28)9-6-13-10-14(22)11-16(23)19(13)29-15-7-8-17-25-26-20(21(2,3)4)27(17)12-15/h6-12H,5H2,1-4H3,(H,24,28)/b9-6+. The van der Waals surface area contributed by atoms with Gasteiger partial charge in [-0.3, -0.25) is 9.20 Å². The molecule has 0 aliphatic rings. The number of likely N-dealkylation sites (N-methyl/N-ethyl adjacent to an activating group) is 1. The van der Waals surface area contributed by atoms with Crippen molar-refractivity contribution in [2.45, 2.75) is 42.9 Å². The number of halogens is 2. The van der Waals surface area contributed by atoms with Crippen LogP contribution in [0.1, 0.15) is 39.1 Å². The summed E-state index contributed by atoms with van der Waals surface area (Å²) in [7, 11) is 0. The normalized spacial score (nSPS) is 12.1. The average Bonchev–Trinajstić information content (AvgIpc) is 3.06. The van der Waals surface area contributed by atoms with Gasteiger partial charge in [-0.1, -0.05) is 32.5 Å². The number of amides is 1. The van der Waals surface area contributed by atoms with Gasteiger partial charge in [-0.25, -0.2) is 8.78 Å². The first kappa shape index (κ1) is 21.0. The van der Waals surface area contributed by atoms with Crippen molar-refractivity contribution in [2.75, 3.05) is 6.54 Å². The third-order valence-corrected chi connectivity index (χ3v) is 5.18. The maximum Gasteiger partial charge on any atom is 0.243 e. The van der Waals surface area contributed by atoms with Crippen LogP contribution in [-0.2, 0) is 10.2 Å². The molecule has 0 atom stereocenters. The molecule has 1 N–H and O–H groups in total. The van der Waals surface area contributed by atoms with Gasteiger partial charge in [-0.05, 0) is 36.8 Å². The number of nitrogens with zero attached hydrogens (tertiary/aromatic N) is 3. The number of hydrogen-bond acceptors (Lipinski definition) is 4. The lowest BCUT2D eigenvalue weighted by Gasteiger charge is -2.16. The van der Waals surface area contributed by atoms with E-state index in [0.717, 1.165) is 28.5 Å². The molecular weight excluding hydrogens is 394 g/mol. The Hall–Kier alpha value is -2.74. The topological polar surface area (TPSA) is 59.3 Å². The Labute approximate surface area is 172 Å². The summed E-state index contributed by atoms with van der Waals surface area (Å²) in [5.41, 5.74) is 0.763. The second-order valence-electron chi connectivity index (χ2n) is 7.50. The average molecular weight is 416 g/mol. The summed E-state index contributed by atoms with van der Waals surface area (Å²) in [4.78, 5) is 12.7. The van der Waals surface area contributed by atoms with Crippen LogP contribution in [0.3, 0.4) is 0 Å². The first-order valence-electron chi connectivity index (χ1n) is 9.17. The van der Waals surface area contributed by atoms with Gasteiger partial charge in [0.15, 0.2) is 5.65 Å². The number of aromatic nitrogens is 3. The van der Waals surface area contributed by atoms with E-state index in [-0.39, 0.29) is 16.2 Å². The fraction of sp³-hybridized carbons (Fsp3) is 0.286. The lowest BCUT2D eigenvalue weighted by atomic mass is 9.96. The molecule has 0 spiro atoms. The molecule has 0 aliphatic heterocycles. The molecule has 0 unspecified atom stereocenters. The van der Waals surface area contributed by atoms with Crippen molar-refractivity contribution in [3.63, 3.8) is 0 Å². The van der Waals surface area contributed by atoms with Crippen LogP contribution in [0.25, 0.3) is 11.7 Å². The number of nitrogens with one attached hydrogen (secondary N) is 1. The van der Waals surface area contributed by atoms with Gasteiger partial charge in [0.05, 0.1) is 4.90 Å². The van der Waals surface area contributed by atoms with Gasteiger partial charge >= 0.3 is 0 Å². The van der Waals surface area contributed by atoms with Gasteiger partial charge in [0, 0.05) is 35.2 Å². The molecule has 0 saturated heterocycles. The first-order valence-corrected chi connectivity index (χ1v) is 9.98. The Balaban J connectivity index is 2.00. The van der Waals surface area contributed by atoms with Crippen LogP contribution >= 0.6 is 11.8 Å². The number of pyridine rings is 1. The molecule has 2 aromatic heterocycles. The Morgan fingerprint density at radius 3 is 2.69 bits per heavy atom. The third kappa shape index (κ3) is 4.82. The molecule has 0 saturated carbocycles. The molecule has 0 bridgehead atoms. The molecule has 152 valence electrons. The van der Waals surface area contributed by atoms with Crippen LogP contribution in [0.15, 0.2) is 46.3 Å². The maximum absolute atomic E-state index is 14.6. The van der Waals surface area contributed by atoms with Gasteiger partial charge in [0.25, 0.3) is 0 Å². The Morgan fingerprint density at radius 2 is 2.00 bits per heavy atom. The highest BCUT2D eigenvalue weighted by Gasteiger charge is 2.21. The molecule has 3 rings (SSSR count). The molecule has 5 nitrogen and oxygen atoms in total. The highest BCUT2D eigenvalue weighted by Crippen LogP contribution is 2.35. The van der Waals surface area contributed by atoms with Crippen LogP contribution in [0.2, 0.25) is 0 Å². The Kier molecular flexibility index (Phi) is 6.02. The fourth-order valence-corrected chi connectivity index (χ4v) is 3.70. The smallest absolute Gasteiger partial charge is 0.243 e. The van der Waals surface area contributed by atoms with E-state index in [1.54, 1.807) is 19.1 Å². The lowest BCUT2D eigenvalue weighted by Crippen LogP contribution is -2.19. The fourth-order valence-electron chi connectivity index (χ4n) is 2.77. The number of rotatable bonds is 5. The van der Waals surface area contributed by atoms with Gasteiger partial charge in [-0.2, -0.15) is 0 Å². The second kappa shape index (κ2) is 8.32. The summed E-state index contributed by atoms with van der Waals surface area (Å²) < 4.78 is 30.2. The molecule has 0 fully saturated rings. The predicted molar refractivity (Wildman–Crippen MR) is 110 cm³/mol. The van der Waals surface area contributed by atoms with Gasteiger partial charge in [0.1, 0.15) is 17.5 Å². The highest BCUT2D eigenvalue weighted by molar-refractivity contribution is 7.99. The summed E-state index contributed by atoms with van der Waals surface area (Å²) in [6.45, 7) is 8.37.